The number of carbonyl (C=O) groups is 1. The Morgan fingerprint density at radius 3 is 2.56 bits per heavy atom. The molecule has 2 aliphatic rings. The van der Waals surface area contributed by atoms with E-state index in [1.807, 2.05) is 24.3 Å². The van der Waals surface area contributed by atoms with Crippen LogP contribution in [0.1, 0.15) is 31.2 Å². The Balaban J connectivity index is 1.66. The first kappa shape index (κ1) is 11.6. The fourth-order valence-electron chi connectivity index (χ4n) is 2.38. The van der Waals surface area contributed by atoms with E-state index in [9.17, 15) is 4.79 Å². The Morgan fingerprint density at radius 2 is 1.94 bits per heavy atom. The lowest BCUT2D eigenvalue weighted by atomic mass is 10.1. The van der Waals surface area contributed by atoms with Gasteiger partial charge in [-0.2, -0.15) is 0 Å². The van der Waals surface area contributed by atoms with E-state index >= 15 is 0 Å². The number of carbonyl (C=O) groups excluding carboxylic acids is 1. The number of nitrogens with two attached hydrogens (primary N) is 1. The molecule has 0 spiro atoms. The molecule has 0 atom stereocenters. The van der Waals surface area contributed by atoms with Crippen LogP contribution in [-0.2, 0) is 11.2 Å². The summed E-state index contributed by atoms with van der Waals surface area (Å²) in [5.41, 5.74) is 7.60. The van der Waals surface area contributed by atoms with Gasteiger partial charge in [0.25, 0.3) is 0 Å². The first-order valence-corrected chi connectivity index (χ1v) is 6.87. The van der Waals surface area contributed by atoms with E-state index in [0.29, 0.717) is 12.5 Å². The molecule has 1 aromatic carbocycles. The summed E-state index contributed by atoms with van der Waals surface area (Å²) < 4.78 is 0. The van der Waals surface area contributed by atoms with Gasteiger partial charge in [-0.3, -0.25) is 4.79 Å². The second-order valence-electron chi connectivity index (χ2n) is 5.60. The normalized spacial score (nSPS) is 18.7. The van der Waals surface area contributed by atoms with E-state index in [1.165, 1.54) is 25.7 Å². The number of anilines is 1. The Kier molecular flexibility index (Phi) is 2.98. The quantitative estimate of drug-likeness (QED) is 0.807. The Hall–Kier alpha value is -1.51. The highest BCUT2D eigenvalue weighted by atomic mass is 16.2. The summed E-state index contributed by atoms with van der Waals surface area (Å²) in [4.78, 5) is 14.5. The minimum atomic E-state index is 0.252. The van der Waals surface area contributed by atoms with Crippen molar-refractivity contribution < 1.29 is 4.79 Å². The van der Waals surface area contributed by atoms with E-state index in [1.54, 1.807) is 0 Å². The molecule has 0 heterocycles. The summed E-state index contributed by atoms with van der Waals surface area (Å²) in [6.07, 6.45) is 5.41. The van der Waals surface area contributed by atoms with Crippen molar-refractivity contribution in [2.75, 3.05) is 12.3 Å². The van der Waals surface area contributed by atoms with Crippen molar-refractivity contribution >= 4 is 11.6 Å². The molecule has 1 aromatic rings. The van der Waals surface area contributed by atoms with Crippen LogP contribution in [0.3, 0.4) is 0 Å². The maximum atomic E-state index is 12.4. The topological polar surface area (TPSA) is 46.3 Å². The van der Waals surface area contributed by atoms with Gasteiger partial charge in [0.15, 0.2) is 0 Å². The highest BCUT2D eigenvalue weighted by molar-refractivity contribution is 5.81. The van der Waals surface area contributed by atoms with Crippen molar-refractivity contribution in [1.29, 1.82) is 0 Å². The molecule has 2 fully saturated rings. The molecule has 1 amide bonds. The molecular formula is C15H20N2O. The number of rotatable bonds is 5. The number of hydrogen-bond donors (Lipinski definition) is 1. The molecule has 2 N–H and O–H groups in total. The molecule has 3 heteroatoms. The van der Waals surface area contributed by atoms with Crippen molar-refractivity contribution in [2.24, 2.45) is 5.92 Å². The van der Waals surface area contributed by atoms with Gasteiger partial charge < -0.3 is 10.6 Å². The van der Waals surface area contributed by atoms with Gasteiger partial charge in [-0.1, -0.05) is 18.2 Å². The average molecular weight is 244 g/mol. The van der Waals surface area contributed by atoms with Crippen molar-refractivity contribution in [1.82, 2.24) is 4.90 Å². The Bertz CT molecular complexity index is 450. The Morgan fingerprint density at radius 1 is 1.22 bits per heavy atom. The molecule has 0 aliphatic heterocycles. The zero-order chi connectivity index (χ0) is 12.5. The van der Waals surface area contributed by atoms with Gasteiger partial charge in [0.05, 0.1) is 6.42 Å². The van der Waals surface area contributed by atoms with Crippen LogP contribution < -0.4 is 5.73 Å². The molecule has 0 unspecified atom stereocenters. The number of nitrogens with zero attached hydrogens (tertiary/aromatic N) is 1. The maximum absolute atomic E-state index is 12.4. The number of hydrogen-bond acceptors (Lipinski definition) is 2. The standard InChI is InChI=1S/C15H20N2O/c16-14-4-2-1-3-12(14)9-15(18)17(13-7-8-13)10-11-5-6-11/h1-4,11,13H,5-10,16H2. The number of para-hydroxylation sites is 1. The molecule has 3 nitrogen and oxygen atoms in total. The van der Waals surface area contributed by atoms with Gasteiger partial charge >= 0.3 is 0 Å². The monoisotopic (exact) mass is 244 g/mol. The van der Waals surface area contributed by atoms with E-state index in [2.05, 4.69) is 4.90 Å². The molecule has 2 saturated carbocycles. The van der Waals surface area contributed by atoms with Gasteiger partial charge in [0, 0.05) is 18.3 Å². The van der Waals surface area contributed by atoms with Crippen LogP contribution in [0.5, 0.6) is 0 Å². The molecule has 0 saturated heterocycles. The lowest BCUT2D eigenvalue weighted by Crippen LogP contribution is -2.36. The lowest BCUT2D eigenvalue weighted by Gasteiger charge is -2.22. The minimum absolute atomic E-state index is 0.252. The molecule has 0 radical (unpaired) electrons. The van der Waals surface area contributed by atoms with Crippen LogP contribution >= 0.6 is 0 Å². The summed E-state index contributed by atoms with van der Waals surface area (Å²) in [7, 11) is 0. The second-order valence-corrected chi connectivity index (χ2v) is 5.60. The highest BCUT2D eigenvalue weighted by Crippen LogP contribution is 2.35. The van der Waals surface area contributed by atoms with Gasteiger partial charge in [-0.15, -0.1) is 0 Å². The summed E-state index contributed by atoms with van der Waals surface area (Å²) >= 11 is 0. The van der Waals surface area contributed by atoms with Crippen LogP contribution in [0.2, 0.25) is 0 Å². The molecular weight excluding hydrogens is 224 g/mol. The largest absolute Gasteiger partial charge is 0.398 e. The van der Waals surface area contributed by atoms with Crippen molar-refractivity contribution in [3.8, 4) is 0 Å². The SMILES string of the molecule is Nc1ccccc1CC(=O)N(CC1CC1)C1CC1. The predicted molar refractivity (Wildman–Crippen MR) is 72.0 cm³/mol. The summed E-state index contributed by atoms with van der Waals surface area (Å²) in [6.45, 7) is 0.968. The molecule has 3 rings (SSSR count). The fraction of sp³-hybridized carbons (Fsp3) is 0.533. The lowest BCUT2D eigenvalue weighted by molar-refractivity contribution is -0.131. The van der Waals surface area contributed by atoms with Gasteiger partial charge in [0.1, 0.15) is 0 Å². The maximum Gasteiger partial charge on any atom is 0.227 e. The third-order valence-corrected chi connectivity index (χ3v) is 3.86. The predicted octanol–water partition coefficient (Wildman–Crippen LogP) is 2.21. The van der Waals surface area contributed by atoms with E-state index in [4.69, 9.17) is 5.73 Å². The van der Waals surface area contributed by atoms with Gasteiger partial charge in [0.2, 0.25) is 5.91 Å². The molecule has 0 aromatic heterocycles. The van der Waals surface area contributed by atoms with E-state index < -0.39 is 0 Å². The second kappa shape index (κ2) is 4.63. The number of amides is 1. The van der Waals surface area contributed by atoms with Gasteiger partial charge in [-0.25, -0.2) is 0 Å². The van der Waals surface area contributed by atoms with E-state index in [-0.39, 0.29) is 5.91 Å². The zero-order valence-corrected chi connectivity index (χ0v) is 10.6. The molecule has 96 valence electrons. The first-order chi connectivity index (χ1) is 8.74. The minimum Gasteiger partial charge on any atom is -0.398 e. The molecule has 0 bridgehead atoms. The van der Waals surface area contributed by atoms with Crippen molar-refractivity contribution in [2.45, 2.75) is 38.1 Å². The third kappa shape index (κ3) is 2.66. The fourth-order valence-corrected chi connectivity index (χ4v) is 2.38. The van der Waals surface area contributed by atoms with E-state index in [0.717, 1.165) is 23.7 Å². The van der Waals surface area contributed by atoms with Crippen LogP contribution in [-0.4, -0.2) is 23.4 Å². The highest BCUT2D eigenvalue weighted by Gasteiger charge is 2.36. The summed E-state index contributed by atoms with van der Waals surface area (Å²) in [5.74, 6) is 1.02. The van der Waals surface area contributed by atoms with Crippen LogP contribution in [0.15, 0.2) is 24.3 Å². The van der Waals surface area contributed by atoms with Crippen LogP contribution in [0.25, 0.3) is 0 Å². The number of nitrogen functional groups attached to an aromatic ring is 1. The summed E-state index contributed by atoms with van der Waals surface area (Å²) in [6, 6.07) is 8.19. The van der Waals surface area contributed by atoms with Gasteiger partial charge in [-0.05, 0) is 43.2 Å². The smallest absolute Gasteiger partial charge is 0.227 e. The third-order valence-electron chi connectivity index (χ3n) is 3.86. The number of benzene rings is 1. The van der Waals surface area contributed by atoms with Crippen LogP contribution in [0, 0.1) is 5.92 Å². The average Bonchev–Trinajstić information content (AvgIpc) is 3.23. The van der Waals surface area contributed by atoms with Crippen molar-refractivity contribution in [3.63, 3.8) is 0 Å². The first-order valence-electron chi connectivity index (χ1n) is 6.87. The molecule has 2 aliphatic carbocycles. The summed E-state index contributed by atoms with van der Waals surface area (Å²) in [5, 5.41) is 0. The van der Waals surface area contributed by atoms with Crippen LogP contribution in [0.4, 0.5) is 5.69 Å². The molecule has 18 heavy (non-hydrogen) atoms. The zero-order valence-electron chi connectivity index (χ0n) is 10.6. The van der Waals surface area contributed by atoms with Crippen molar-refractivity contribution in [3.05, 3.63) is 29.8 Å². The Labute approximate surface area is 108 Å².